The molecule has 1 aliphatic carbocycles. The Morgan fingerprint density at radius 1 is 1.04 bits per heavy atom. The molecule has 1 aliphatic heterocycles. The summed E-state index contributed by atoms with van der Waals surface area (Å²) in [5, 5.41) is 6.60. The van der Waals surface area contributed by atoms with Crippen molar-refractivity contribution in [2.24, 2.45) is 5.92 Å². The number of amides is 1. The van der Waals surface area contributed by atoms with Gasteiger partial charge in [0, 0.05) is 22.3 Å². The molecule has 0 atom stereocenters. The maximum Gasteiger partial charge on any atom is 0.251 e. The van der Waals surface area contributed by atoms with Gasteiger partial charge in [-0.3, -0.25) is 4.79 Å². The largest absolute Gasteiger partial charge is 0.349 e. The highest BCUT2D eigenvalue weighted by atomic mass is 32.2. The molecule has 4 heteroatoms. The Morgan fingerprint density at radius 3 is 2.43 bits per heavy atom. The van der Waals surface area contributed by atoms with Crippen LogP contribution in [0.3, 0.4) is 0 Å². The van der Waals surface area contributed by atoms with Gasteiger partial charge in [0.2, 0.25) is 0 Å². The van der Waals surface area contributed by atoms with E-state index in [9.17, 15) is 4.79 Å². The molecule has 126 valence electrons. The van der Waals surface area contributed by atoms with Crippen LogP contribution in [0.5, 0.6) is 0 Å². The van der Waals surface area contributed by atoms with Gasteiger partial charge >= 0.3 is 0 Å². The molecule has 1 saturated heterocycles. The number of hydrogen-bond acceptors (Lipinski definition) is 3. The summed E-state index contributed by atoms with van der Waals surface area (Å²) in [4.78, 5) is 13.6. The normalized spacial score (nSPS) is 20.3. The highest BCUT2D eigenvalue weighted by Gasteiger charge is 2.17. The molecule has 0 bridgehead atoms. The first-order valence-electron chi connectivity index (χ1n) is 9.06. The highest BCUT2D eigenvalue weighted by molar-refractivity contribution is 7.99. The average molecular weight is 333 g/mol. The first-order valence-corrected chi connectivity index (χ1v) is 10.0. The van der Waals surface area contributed by atoms with Crippen LogP contribution in [0.1, 0.15) is 55.3 Å². The Morgan fingerprint density at radius 2 is 1.74 bits per heavy atom. The quantitative estimate of drug-likeness (QED) is 0.805. The van der Waals surface area contributed by atoms with Crippen LogP contribution in [0.25, 0.3) is 0 Å². The van der Waals surface area contributed by atoms with E-state index >= 15 is 0 Å². The molecule has 2 aliphatic rings. The molecule has 2 N–H and O–H groups in total. The van der Waals surface area contributed by atoms with E-state index in [-0.39, 0.29) is 5.91 Å². The summed E-state index contributed by atoms with van der Waals surface area (Å²) in [5.41, 5.74) is 0.793. The van der Waals surface area contributed by atoms with Crippen molar-refractivity contribution in [2.75, 3.05) is 18.8 Å². The van der Waals surface area contributed by atoms with Crippen LogP contribution < -0.4 is 10.6 Å². The Bertz CT molecular complexity index is 491. The Hall–Kier alpha value is -1.00. The SMILES string of the molecule is O=C(NC1CCCCC1)c1ccc(SCC2CCNCC2)cc1. The fourth-order valence-electron chi connectivity index (χ4n) is 3.48. The van der Waals surface area contributed by atoms with Gasteiger partial charge in [-0.05, 0) is 69.0 Å². The molecule has 1 saturated carbocycles. The van der Waals surface area contributed by atoms with Crippen LogP contribution in [0.15, 0.2) is 29.2 Å². The molecule has 2 fully saturated rings. The number of carbonyl (C=O) groups excluding carboxylic acids is 1. The van der Waals surface area contributed by atoms with Crippen molar-refractivity contribution < 1.29 is 4.79 Å². The van der Waals surface area contributed by atoms with Crippen molar-refractivity contribution in [2.45, 2.75) is 55.9 Å². The number of thioether (sulfide) groups is 1. The lowest BCUT2D eigenvalue weighted by atomic mass is 9.95. The molecule has 1 amide bonds. The molecule has 23 heavy (non-hydrogen) atoms. The maximum absolute atomic E-state index is 12.3. The third kappa shape index (κ3) is 5.25. The van der Waals surface area contributed by atoms with Crippen molar-refractivity contribution in [3.05, 3.63) is 29.8 Å². The van der Waals surface area contributed by atoms with Gasteiger partial charge in [-0.25, -0.2) is 0 Å². The molecule has 0 aromatic heterocycles. The number of hydrogen-bond donors (Lipinski definition) is 2. The van der Waals surface area contributed by atoms with E-state index in [1.54, 1.807) is 0 Å². The summed E-state index contributed by atoms with van der Waals surface area (Å²) in [6.45, 7) is 2.32. The van der Waals surface area contributed by atoms with E-state index in [2.05, 4.69) is 22.8 Å². The lowest BCUT2D eigenvalue weighted by Crippen LogP contribution is -2.36. The topological polar surface area (TPSA) is 41.1 Å². The zero-order valence-corrected chi connectivity index (χ0v) is 14.7. The summed E-state index contributed by atoms with van der Waals surface area (Å²) in [6, 6.07) is 8.53. The summed E-state index contributed by atoms with van der Waals surface area (Å²) in [5.74, 6) is 2.11. The molecular formula is C19H28N2OS. The second-order valence-corrected chi connectivity index (χ2v) is 7.93. The predicted molar refractivity (Wildman–Crippen MR) is 97.1 cm³/mol. The van der Waals surface area contributed by atoms with Crippen LogP contribution >= 0.6 is 11.8 Å². The average Bonchev–Trinajstić information content (AvgIpc) is 2.62. The standard InChI is InChI=1S/C19H28N2OS/c22-19(21-17-4-2-1-3-5-17)16-6-8-18(9-7-16)23-14-15-10-12-20-13-11-15/h6-9,15,17,20H,1-5,10-14H2,(H,21,22). The van der Waals surface area contributed by atoms with Gasteiger partial charge in [0.05, 0.1) is 0 Å². The summed E-state index contributed by atoms with van der Waals surface area (Å²) in [7, 11) is 0. The van der Waals surface area contributed by atoms with Gasteiger partial charge < -0.3 is 10.6 Å². The molecular weight excluding hydrogens is 304 g/mol. The molecule has 1 aromatic rings. The summed E-state index contributed by atoms with van der Waals surface area (Å²) >= 11 is 1.92. The predicted octanol–water partition coefficient (Wildman–Crippen LogP) is 3.84. The molecule has 0 unspecified atom stereocenters. The highest BCUT2D eigenvalue weighted by Crippen LogP contribution is 2.25. The minimum absolute atomic E-state index is 0.0896. The van der Waals surface area contributed by atoms with Crippen LogP contribution in [0, 0.1) is 5.92 Å². The molecule has 1 aromatic carbocycles. The monoisotopic (exact) mass is 332 g/mol. The van der Waals surface area contributed by atoms with E-state index in [1.165, 1.54) is 42.8 Å². The molecule has 3 rings (SSSR count). The number of benzene rings is 1. The van der Waals surface area contributed by atoms with Gasteiger partial charge in [-0.1, -0.05) is 19.3 Å². The van der Waals surface area contributed by atoms with E-state index < -0.39 is 0 Å². The van der Waals surface area contributed by atoms with Crippen LogP contribution in [-0.4, -0.2) is 30.8 Å². The molecule has 0 radical (unpaired) electrons. The van der Waals surface area contributed by atoms with Gasteiger partial charge in [0.1, 0.15) is 0 Å². The van der Waals surface area contributed by atoms with Crippen LogP contribution in [0.4, 0.5) is 0 Å². The fourth-order valence-corrected chi connectivity index (χ4v) is 4.57. The van der Waals surface area contributed by atoms with Gasteiger partial charge in [-0.15, -0.1) is 11.8 Å². The fraction of sp³-hybridized carbons (Fsp3) is 0.632. The van der Waals surface area contributed by atoms with E-state index in [0.29, 0.717) is 6.04 Å². The number of rotatable bonds is 5. The summed E-state index contributed by atoms with van der Waals surface area (Å²) in [6.07, 6.45) is 8.65. The van der Waals surface area contributed by atoms with Gasteiger partial charge in [0.15, 0.2) is 0 Å². The Balaban J connectivity index is 1.46. The number of carbonyl (C=O) groups is 1. The van der Waals surface area contributed by atoms with Crippen LogP contribution in [0.2, 0.25) is 0 Å². The van der Waals surface area contributed by atoms with Crippen molar-refractivity contribution in [1.82, 2.24) is 10.6 Å². The number of piperidine rings is 1. The van der Waals surface area contributed by atoms with E-state index in [4.69, 9.17) is 0 Å². The first kappa shape index (κ1) is 16.8. The maximum atomic E-state index is 12.3. The Kier molecular flexibility index (Phi) is 6.40. The minimum atomic E-state index is 0.0896. The van der Waals surface area contributed by atoms with Crippen molar-refractivity contribution >= 4 is 17.7 Å². The first-order chi connectivity index (χ1) is 11.3. The zero-order chi connectivity index (χ0) is 15.9. The lowest BCUT2D eigenvalue weighted by molar-refractivity contribution is 0.0927. The smallest absolute Gasteiger partial charge is 0.251 e. The molecule has 3 nitrogen and oxygen atoms in total. The zero-order valence-electron chi connectivity index (χ0n) is 13.9. The molecule has 0 spiro atoms. The summed E-state index contributed by atoms with van der Waals surface area (Å²) < 4.78 is 0. The third-order valence-electron chi connectivity index (χ3n) is 5.00. The number of nitrogens with one attached hydrogen (secondary N) is 2. The van der Waals surface area contributed by atoms with Crippen molar-refractivity contribution in [1.29, 1.82) is 0 Å². The lowest BCUT2D eigenvalue weighted by Gasteiger charge is -2.23. The third-order valence-corrected chi connectivity index (χ3v) is 6.24. The van der Waals surface area contributed by atoms with Gasteiger partial charge in [0.25, 0.3) is 5.91 Å². The van der Waals surface area contributed by atoms with E-state index in [1.807, 2.05) is 23.9 Å². The Labute approximate surface area is 144 Å². The van der Waals surface area contributed by atoms with Crippen molar-refractivity contribution in [3.8, 4) is 0 Å². The van der Waals surface area contributed by atoms with Gasteiger partial charge in [-0.2, -0.15) is 0 Å². The van der Waals surface area contributed by atoms with Crippen molar-refractivity contribution in [3.63, 3.8) is 0 Å². The second kappa shape index (κ2) is 8.74. The van der Waals surface area contributed by atoms with Crippen LogP contribution in [-0.2, 0) is 0 Å². The molecule has 1 heterocycles. The second-order valence-electron chi connectivity index (χ2n) is 6.84. The minimum Gasteiger partial charge on any atom is -0.349 e. The van der Waals surface area contributed by atoms with E-state index in [0.717, 1.165) is 37.4 Å².